The third-order valence-electron chi connectivity index (χ3n) is 9.01. The normalized spacial score (nSPS) is 19.8. The monoisotopic (exact) mass is 619 g/mol. The van der Waals surface area contributed by atoms with Gasteiger partial charge in [0.25, 0.3) is 0 Å². The molecular formula is C35H47N4O6+. The Morgan fingerprint density at radius 3 is 2.49 bits per heavy atom. The molecule has 10 heteroatoms. The van der Waals surface area contributed by atoms with E-state index in [-0.39, 0.29) is 36.7 Å². The Labute approximate surface area is 265 Å². The van der Waals surface area contributed by atoms with Gasteiger partial charge in [0.15, 0.2) is 11.8 Å². The number of fused-ring (bicyclic) bond motifs is 1. The van der Waals surface area contributed by atoms with Crippen LogP contribution < -0.4 is 9.64 Å². The van der Waals surface area contributed by atoms with Crippen molar-refractivity contribution in [3.05, 3.63) is 71.3 Å². The Morgan fingerprint density at radius 1 is 1.04 bits per heavy atom. The van der Waals surface area contributed by atoms with Crippen molar-refractivity contribution >= 4 is 17.6 Å². The van der Waals surface area contributed by atoms with Crippen LogP contribution in [-0.2, 0) is 29.1 Å². The number of carbonyl (C=O) groups is 2. The van der Waals surface area contributed by atoms with Gasteiger partial charge in [0, 0.05) is 61.4 Å². The average Bonchev–Trinajstić information content (AvgIpc) is 3.68. The molecule has 10 nitrogen and oxygen atoms in total. The molecule has 3 atom stereocenters. The SMILES string of the molecule is CCCCN(C(=O)CN1C[C@H](c2ccc3c(c2)CCO3)C(C(=O)O)[C@@H]1CCn1c(O)ccc1O)c1cccc(C[N+](C)(C)C)c1. The van der Waals surface area contributed by atoms with Gasteiger partial charge in [-0.1, -0.05) is 37.6 Å². The molecule has 1 unspecified atom stereocenters. The summed E-state index contributed by atoms with van der Waals surface area (Å²) in [6.07, 6.45) is 2.89. The number of amides is 1. The second-order valence-electron chi connectivity index (χ2n) is 13.4. The van der Waals surface area contributed by atoms with Gasteiger partial charge >= 0.3 is 5.97 Å². The predicted octanol–water partition coefficient (Wildman–Crippen LogP) is 4.43. The molecule has 45 heavy (non-hydrogen) atoms. The lowest BCUT2D eigenvalue weighted by Gasteiger charge is -2.30. The third-order valence-corrected chi connectivity index (χ3v) is 9.01. The topological polar surface area (TPSA) is 115 Å². The summed E-state index contributed by atoms with van der Waals surface area (Å²) in [5, 5.41) is 31.2. The minimum Gasteiger partial charge on any atom is -0.494 e. The summed E-state index contributed by atoms with van der Waals surface area (Å²) in [5.74, 6) is -1.46. The number of hydrogen-bond acceptors (Lipinski definition) is 6. The van der Waals surface area contributed by atoms with Crippen molar-refractivity contribution in [3.8, 4) is 17.5 Å². The van der Waals surface area contributed by atoms with E-state index in [9.17, 15) is 24.9 Å². The molecule has 0 saturated carbocycles. The first-order chi connectivity index (χ1) is 21.4. The van der Waals surface area contributed by atoms with Crippen LogP contribution in [0.1, 0.15) is 48.8 Å². The summed E-state index contributed by atoms with van der Waals surface area (Å²) in [4.78, 5) is 31.0. The van der Waals surface area contributed by atoms with E-state index in [1.165, 1.54) is 16.7 Å². The van der Waals surface area contributed by atoms with Crippen molar-refractivity contribution < 1.29 is 34.1 Å². The number of aliphatic carboxylic acids is 1. The number of anilines is 1. The molecule has 1 fully saturated rings. The average molecular weight is 620 g/mol. The van der Waals surface area contributed by atoms with Crippen molar-refractivity contribution in [1.82, 2.24) is 9.47 Å². The highest BCUT2D eigenvalue weighted by Gasteiger charge is 2.47. The number of nitrogens with zero attached hydrogens (tertiary/aromatic N) is 4. The third kappa shape index (κ3) is 7.45. The number of aromatic hydroxyl groups is 2. The van der Waals surface area contributed by atoms with Gasteiger partial charge in [0.1, 0.15) is 12.3 Å². The Hall–Kier alpha value is -4.02. The number of quaternary nitrogens is 1. The van der Waals surface area contributed by atoms with Crippen LogP contribution in [0.2, 0.25) is 0 Å². The molecule has 1 amide bonds. The van der Waals surface area contributed by atoms with Gasteiger partial charge in [-0.2, -0.15) is 0 Å². The molecule has 0 spiro atoms. The van der Waals surface area contributed by atoms with Crippen molar-refractivity contribution in [1.29, 1.82) is 0 Å². The molecule has 5 rings (SSSR count). The number of hydrogen-bond donors (Lipinski definition) is 3. The second-order valence-corrected chi connectivity index (χ2v) is 13.4. The van der Waals surface area contributed by atoms with Gasteiger partial charge in [-0.15, -0.1) is 0 Å². The van der Waals surface area contributed by atoms with Crippen molar-refractivity contribution in [2.45, 2.75) is 57.7 Å². The van der Waals surface area contributed by atoms with E-state index in [0.29, 0.717) is 26.1 Å². The Balaban J connectivity index is 1.45. The van der Waals surface area contributed by atoms with Crippen LogP contribution in [0.15, 0.2) is 54.6 Å². The number of unbranched alkanes of at least 4 members (excludes halogenated alkanes) is 1. The quantitative estimate of drug-likeness (QED) is 0.243. The molecule has 3 heterocycles. The molecule has 0 aliphatic carbocycles. The fourth-order valence-electron chi connectivity index (χ4n) is 6.91. The fourth-order valence-corrected chi connectivity index (χ4v) is 6.91. The summed E-state index contributed by atoms with van der Waals surface area (Å²) < 4.78 is 7.83. The van der Waals surface area contributed by atoms with Gasteiger partial charge in [0.2, 0.25) is 5.91 Å². The van der Waals surface area contributed by atoms with Crippen LogP contribution in [-0.4, -0.2) is 94.6 Å². The molecule has 2 aliphatic heterocycles. The first-order valence-corrected chi connectivity index (χ1v) is 15.9. The summed E-state index contributed by atoms with van der Waals surface area (Å²) in [6.45, 7) is 4.78. The number of carbonyl (C=O) groups excluding carboxylic acids is 1. The molecule has 3 N–H and O–H groups in total. The van der Waals surface area contributed by atoms with Gasteiger partial charge in [-0.05, 0) is 42.2 Å². The number of rotatable bonds is 13. The molecule has 1 saturated heterocycles. The van der Waals surface area contributed by atoms with E-state index < -0.39 is 17.9 Å². The lowest BCUT2D eigenvalue weighted by atomic mass is 9.83. The van der Waals surface area contributed by atoms with E-state index in [1.54, 1.807) is 0 Å². The Bertz CT molecular complexity index is 1490. The first kappa shape index (κ1) is 32.4. The maximum Gasteiger partial charge on any atom is 0.308 e. The van der Waals surface area contributed by atoms with Crippen molar-refractivity contribution in [3.63, 3.8) is 0 Å². The zero-order valence-corrected chi connectivity index (χ0v) is 26.9. The highest BCUT2D eigenvalue weighted by Crippen LogP contribution is 2.41. The molecular weight excluding hydrogens is 572 g/mol. The minimum absolute atomic E-state index is 0.0614. The number of aromatic nitrogens is 1. The smallest absolute Gasteiger partial charge is 0.308 e. The summed E-state index contributed by atoms with van der Waals surface area (Å²) in [7, 11) is 6.41. The van der Waals surface area contributed by atoms with Gasteiger partial charge in [-0.25, -0.2) is 0 Å². The van der Waals surface area contributed by atoms with Gasteiger partial charge in [0.05, 0.1) is 40.2 Å². The summed E-state index contributed by atoms with van der Waals surface area (Å²) >= 11 is 0. The number of ether oxygens (including phenoxy) is 1. The molecule has 2 aliphatic rings. The zero-order valence-electron chi connectivity index (χ0n) is 26.9. The van der Waals surface area contributed by atoms with Crippen LogP contribution in [0.3, 0.4) is 0 Å². The van der Waals surface area contributed by atoms with Gasteiger partial charge < -0.3 is 29.4 Å². The van der Waals surface area contributed by atoms with E-state index in [1.807, 2.05) is 34.1 Å². The van der Waals surface area contributed by atoms with E-state index in [4.69, 9.17) is 4.74 Å². The molecule has 2 aromatic carbocycles. The molecule has 0 bridgehead atoms. The second kappa shape index (κ2) is 13.5. The standard InChI is InChI=1S/C35H46N4O6/c1-5-6-16-37(27-9-7-8-24(19-27)23-39(2,3)4)33(42)22-36-21-28(25-10-11-30-26(20-25)15-18-45-30)34(35(43)44)29(36)14-17-38-31(40)12-13-32(38)41/h7-13,19-20,28-29,34H,5-6,14-18,21-23H2,1-4H3,(H2-,40,41,43,44)/p+1/t28-,29+,34?/m1/s1. The molecule has 1 aromatic heterocycles. The number of carboxylic acid groups (broad SMARTS) is 1. The summed E-state index contributed by atoms with van der Waals surface area (Å²) in [6, 6.07) is 16.4. The maximum absolute atomic E-state index is 14.2. The lowest BCUT2D eigenvalue weighted by Crippen LogP contribution is -2.45. The van der Waals surface area contributed by atoms with Crippen LogP contribution in [0.5, 0.6) is 17.5 Å². The molecule has 3 aromatic rings. The number of benzene rings is 2. The van der Waals surface area contributed by atoms with Crippen LogP contribution in [0.25, 0.3) is 0 Å². The van der Waals surface area contributed by atoms with E-state index in [0.717, 1.165) is 58.4 Å². The van der Waals surface area contributed by atoms with Crippen LogP contribution in [0, 0.1) is 5.92 Å². The lowest BCUT2D eigenvalue weighted by molar-refractivity contribution is -0.884. The predicted molar refractivity (Wildman–Crippen MR) is 173 cm³/mol. The number of carboxylic acids is 1. The van der Waals surface area contributed by atoms with Gasteiger partial charge in [-0.3, -0.25) is 19.1 Å². The summed E-state index contributed by atoms with van der Waals surface area (Å²) in [5.41, 5.74) is 3.99. The van der Waals surface area contributed by atoms with Crippen LogP contribution >= 0.6 is 0 Å². The first-order valence-electron chi connectivity index (χ1n) is 15.9. The Kier molecular flexibility index (Phi) is 9.74. The van der Waals surface area contributed by atoms with E-state index >= 15 is 0 Å². The minimum atomic E-state index is -0.923. The highest BCUT2D eigenvalue weighted by molar-refractivity contribution is 5.95. The largest absolute Gasteiger partial charge is 0.494 e. The van der Waals surface area contributed by atoms with Crippen LogP contribution in [0.4, 0.5) is 5.69 Å². The highest BCUT2D eigenvalue weighted by atomic mass is 16.5. The zero-order chi connectivity index (χ0) is 32.3. The van der Waals surface area contributed by atoms with E-state index in [2.05, 4.69) is 46.3 Å². The van der Waals surface area contributed by atoms with Crippen molar-refractivity contribution in [2.75, 3.05) is 52.3 Å². The molecule has 0 radical (unpaired) electrons. The maximum atomic E-state index is 14.2. The van der Waals surface area contributed by atoms with Crippen molar-refractivity contribution in [2.24, 2.45) is 5.92 Å². The number of likely N-dealkylation sites (tertiary alicyclic amines) is 1. The molecule has 242 valence electrons. The fraction of sp³-hybridized carbons (Fsp3) is 0.486. The Morgan fingerprint density at radius 2 is 1.80 bits per heavy atom.